The zero-order valence-electron chi connectivity index (χ0n) is 16.7. The van der Waals surface area contributed by atoms with Crippen molar-refractivity contribution in [2.75, 3.05) is 6.79 Å². The Bertz CT molecular complexity index is 1250. The highest BCUT2D eigenvalue weighted by Gasteiger charge is 2.20. The Labute approximate surface area is 183 Å². The smallest absolute Gasteiger partial charge is 0.335 e. The van der Waals surface area contributed by atoms with Gasteiger partial charge in [0.05, 0.1) is 16.6 Å². The lowest BCUT2D eigenvalue weighted by Gasteiger charge is -2.10. The van der Waals surface area contributed by atoms with Crippen molar-refractivity contribution in [1.29, 1.82) is 0 Å². The second-order valence-electron chi connectivity index (χ2n) is 7.23. The maximum absolute atomic E-state index is 11.6. The van der Waals surface area contributed by atoms with Crippen LogP contribution in [-0.2, 0) is 18.7 Å². The number of hydrogen-bond acceptors (Lipinski definition) is 5. The Kier molecular flexibility index (Phi) is 5.26. The van der Waals surface area contributed by atoms with Crippen molar-refractivity contribution >= 4 is 28.8 Å². The number of fused-ring (bicyclic) bond motifs is 2. The second kappa shape index (κ2) is 8.35. The predicted octanol–water partition coefficient (Wildman–Crippen LogP) is 5.00. The summed E-state index contributed by atoms with van der Waals surface area (Å²) in [5, 5.41) is 10.3. The number of ether oxygens (including phenoxy) is 2. The predicted molar refractivity (Wildman–Crippen MR) is 119 cm³/mol. The number of carboxylic acids is 1. The highest BCUT2D eigenvalue weighted by Crippen LogP contribution is 2.38. The maximum atomic E-state index is 11.6. The first-order valence-electron chi connectivity index (χ1n) is 9.97. The van der Waals surface area contributed by atoms with Gasteiger partial charge in [0.2, 0.25) is 6.79 Å². The number of rotatable bonds is 7. The monoisotopic (exact) mass is 432 g/mol. The van der Waals surface area contributed by atoms with Crippen LogP contribution < -0.4 is 9.47 Å². The van der Waals surface area contributed by atoms with Crippen molar-refractivity contribution in [2.24, 2.45) is 0 Å². The van der Waals surface area contributed by atoms with Crippen LogP contribution in [0, 0.1) is 0 Å². The van der Waals surface area contributed by atoms with E-state index in [1.807, 2.05) is 42.5 Å². The Morgan fingerprint density at radius 2 is 1.77 bits per heavy atom. The minimum absolute atomic E-state index is 0.222. The van der Waals surface area contributed by atoms with Gasteiger partial charge in [-0.3, -0.25) is 0 Å². The number of aromatic carboxylic acids is 1. The fourth-order valence-electron chi connectivity index (χ4n) is 3.70. The fraction of sp³-hybridized carbons (Fsp3) is 0.167. The molecular weight excluding hydrogens is 412 g/mol. The highest BCUT2D eigenvalue weighted by molar-refractivity contribution is 7.98. The number of imidazole rings is 1. The lowest BCUT2D eigenvalue weighted by atomic mass is 10.1. The molecule has 3 aromatic carbocycles. The molecular formula is C24H20N2O4S. The van der Waals surface area contributed by atoms with Crippen molar-refractivity contribution < 1.29 is 19.4 Å². The van der Waals surface area contributed by atoms with E-state index in [0.29, 0.717) is 17.1 Å². The molecule has 31 heavy (non-hydrogen) atoms. The van der Waals surface area contributed by atoms with Gasteiger partial charge in [0.1, 0.15) is 0 Å². The summed E-state index contributed by atoms with van der Waals surface area (Å²) >= 11 is 1.54. The Morgan fingerprint density at radius 1 is 1.03 bits per heavy atom. The summed E-state index contributed by atoms with van der Waals surface area (Å²) in [6.45, 7) is 0.975. The van der Waals surface area contributed by atoms with E-state index in [2.05, 4.69) is 16.7 Å². The van der Waals surface area contributed by atoms with Gasteiger partial charge in [0.25, 0.3) is 0 Å². The van der Waals surface area contributed by atoms with Crippen LogP contribution in [0.15, 0.2) is 71.9 Å². The minimum atomic E-state index is -0.917. The summed E-state index contributed by atoms with van der Waals surface area (Å²) in [5.74, 6) is 1.03. The molecule has 0 spiro atoms. The number of carboxylic acid groups (broad SMARTS) is 1. The van der Waals surface area contributed by atoms with Crippen molar-refractivity contribution in [2.45, 2.75) is 23.9 Å². The molecule has 156 valence electrons. The summed E-state index contributed by atoms with van der Waals surface area (Å²) in [6, 6.07) is 21.3. The van der Waals surface area contributed by atoms with Gasteiger partial charge in [0.15, 0.2) is 16.7 Å². The van der Waals surface area contributed by atoms with Crippen LogP contribution in [0.5, 0.6) is 11.5 Å². The summed E-state index contributed by atoms with van der Waals surface area (Å²) in [7, 11) is 0. The fourth-order valence-corrected chi connectivity index (χ4v) is 4.75. The van der Waals surface area contributed by atoms with Gasteiger partial charge in [-0.15, -0.1) is 0 Å². The molecule has 0 radical (unpaired) electrons. The maximum Gasteiger partial charge on any atom is 0.335 e. The highest BCUT2D eigenvalue weighted by atomic mass is 32.2. The van der Waals surface area contributed by atoms with Gasteiger partial charge >= 0.3 is 5.97 Å². The molecule has 0 bridgehead atoms. The topological polar surface area (TPSA) is 73.6 Å². The summed E-state index contributed by atoms with van der Waals surface area (Å²) in [6.07, 6.45) is 0.861. The molecule has 5 rings (SSSR count). The zero-order valence-corrected chi connectivity index (χ0v) is 17.5. The van der Waals surface area contributed by atoms with E-state index in [9.17, 15) is 9.90 Å². The Hall–Kier alpha value is -3.45. The molecule has 0 fully saturated rings. The third-order valence-electron chi connectivity index (χ3n) is 5.28. The summed E-state index contributed by atoms with van der Waals surface area (Å²) in [4.78, 5) is 16.4. The van der Waals surface area contributed by atoms with E-state index < -0.39 is 5.97 Å². The standard InChI is InChI=1S/C24H20N2O4S/c27-23(28)18-9-5-4-8-17(18)14-31-24-25-19-12-21-22(30-15-29-21)13-20(19)26(24)11-10-16-6-2-1-3-7-16/h1-9,12-13H,10-11,14-15H2,(H,27,28). The van der Waals surface area contributed by atoms with Gasteiger partial charge in [-0.25, -0.2) is 9.78 Å². The van der Waals surface area contributed by atoms with Gasteiger partial charge in [0, 0.05) is 24.4 Å². The van der Waals surface area contributed by atoms with E-state index >= 15 is 0 Å². The summed E-state index contributed by atoms with van der Waals surface area (Å²) < 4.78 is 13.3. The normalized spacial score (nSPS) is 12.4. The molecule has 1 N–H and O–H groups in total. The average Bonchev–Trinajstić information content (AvgIpc) is 3.38. The first-order chi connectivity index (χ1) is 15.2. The van der Waals surface area contributed by atoms with Crippen molar-refractivity contribution in [3.63, 3.8) is 0 Å². The van der Waals surface area contributed by atoms with Gasteiger partial charge in [-0.1, -0.05) is 60.3 Å². The minimum Gasteiger partial charge on any atom is -0.478 e. The third-order valence-corrected chi connectivity index (χ3v) is 6.30. The first kappa shape index (κ1) is 19.5. The number of aryl methyl sites for hydroxylation is 2. The molecule has 4 aromatic rings. The van der Waals surface area contributed by atoms with Crippen molar-refractivity contribution in [3.05, 3.63) is 83.4 Å². The van der Waals surface area contributed by atoms with Crippen LogP contribution in [0.2, 0.25) is 0 Å². The Morgan fingerprint density at radius 3 is 2.58 bits per heavy atom. The molecule has 2 heterocycles. The quantitative estimate of drug-likeness (QED) is 0.415. The van der Waals surface area contributed by atoms with Crippen LogP contribution in [0.4, 0.5) is 0 Å². The molecule has 0 saturated carbocycles. The van der Waals surface area contributed by atoms with E-state index in [-0.39, 0.29) is 6.79 Å². The zero-order chi connectivity index (χ0) is 21.2. The van der Waals surface area contributed by atoms with Crippen LogP contribution in [-0.4, -0.2) is 27.4 Å². The molecule has 1 aliphatic rings. The number of benzene rings is 3. The van der Waals surface area contributed by atoms with Gasteiger partial charge < -0.3 is 19.1 Å². The lowest BCUT2D eigenvalue weighted by Crippen LogP contribution is -2.04. The number of carbonyl (C=O) groups is 1. The molecule has 0 atom stereocenters. The molecule has 1 aromatic heterocycles. The number of aromatic nitrogens is 2. The van der Waals surface area contributed by atoms with Gasteiger partial charge in [-0.2, -0.15) is 0 Å². The van der Waals surface area contributed by atoms with Crippen LogP contribution in [0.25, 0.3) is 11.0 Å². The first-order valence-corrected chi connectivity index (χ1v) is 11.0. The number of nitrogens with zero attached hydrogens (tertiary/aromatic N) is 2. The van der Waals surface area contributed by atoms with Crippen LogP contribution in [0.1, 0.15) is 21.5 Å². The van der Waals surface area contributed by atoms with Crippen LogP contribution >= 0.6 is 11.8 Å². The lowest BCUT2D eigenvalue weighted by molar-refractivity contribution is 0.0696. The molecule has 0 unspecified atom stereocenters. The Balaban J connectivity index is 1.48. The van der Waals surface area contributed by atoms with E-state index in [0.717, 1.165) is 40.5 Å². The van der Waals surface area contributed by atoms with E-state index in [4.69, 9.17) is 14.5 Å². The number of thioether (sulfide) groups is 1. The molecule has 0 amide bonds. The molecule has 6 nitrogen and oxygen atoms in total. The van der Waals surface area contributed by atoms with E-state index in [1.54, 1.807) is 12.1 Å². The van der Waals surface area contributed by atoms with Gasteiger partial charge in [-0.05, 0) is 23.6 Å². The third kappa shape index (κ3) is 3.96. The van der Waals surface area contributed by atoms with Crippen LogP contribution in [0.3, 0.4) is 0 Å². The molecule has 7 heteroatoms. The molecule has 0 aliphatic carbocycles. The van der Waals surface area contributed by atoms with Crippen molar-refractivity contribution in [1.82, 2.24) is 9.55 Å². The molecule has 0 saturated heterocycles. The van der Waals surface area contributed by atoms with Crippen molar-refractivity contribution in [3.8, 4) is 11.5 Å². The molecule has 1 aliphatic heterocycles. The second-order valence-corrected chi connectivity index (χ2v) is 8.17. The summed E-state index contributed by atoms with van der Waals surface area (Å²) in [5.41, 5.74) is 4.16. The largest absolute Gasteiger partial charge is 0.478 e. The van der Waals surface area contributed by atoms with E-state index in [1.165, 1.54) is 17.3 Å². The average molecular weight is 433 g/mol. The SMILES string of the molecule is O=C(O)c1ccccc1CSc1nc2cc3c(cc2n1CCc1ccccc1)OCO3. The number of hydrogen-bond donors (Lipinski definition) is 1.